The number of hydrogen-bond acceptors (Lipinski definition) is 6. The summed E-state index contributed by atoms with van der Waals surface area (Å²) in [6, 6.07) is 3.09. The summed E-state index contributed by atoms with van der Waals surface area (Å²) in [6.45, 7) is 5.53. The number of nitrogens with zero attached hydrogens (tertiary/aromatic N) is 3. The number of oxazole rings is 1. The summed E-state index contributed by atoms with van der Waals surface area (Å²) in [6.07, 6.45) is 3.97. The highest BCUT2D eigenvalue weighted by Crippen LogP contribution is 2.16. The Kier molecular flexibility index (Phi) is 5.62. The second kappa shape index (κ2) is 8.09. The van der Waals surface area contributed by atoms with E-state index in [9.17, 15) is 9.59 Å². The molecule has 3 rings (SSSR count). The standard InChI is InChI=1S/C18H23N5O3/c1-3-15-22-12(2)16(26-15)18(25)23-9-8-20-11-14(23)17(24)21-10-13-4-6-19-7-5-13/h4-7,14,20H,3,8-11H2,1-2H3,(H,21,24)/t14-/m1/s1. The molecule has 0 unspecified atom stereocenters. The molecule has 3 heterocycles. The largest absolute Gasteiger partial charge is 0.435 e. The number of carbonyl (C=O) groups is 2. The zero-order valence-electron chi connectivity index (χ0n) is 15.0. The van der Waals surface area contributed by atoms with Crippen LogP contribution in [0.5, 0.6) is 0 Å². The Balaban J connectivity index is 1.71. The number of amides is 2. The third-order valence-corrected chi connectivity index (χ3v) is 4.36. The lowest BCUT2D eigenvalue weighted by Gasteiger charge is -2.34. The molecule has 8 heteroatoms. The molecule has 2 aromatic rings. The van der Waals surface area contributed by atoms with Gasteiger partial charge in [-0.3, -0.25) is 14.6 Å². The Bertz CT molecular complexity index is 774. The average molecular weight is 357 g/mol. The molecule has 1 aliphatic heterocycles. The van der Waals surface area contributed by atoms with Gasteiger partial charge in [0.2, 0.25) is 11.7 Å². The molecule has 0 radical (unpaired) electrons. The van der Waals surface area contributed by atoms with Crippen molar-refractivity contribution >= 4 is 11.8 Å². The van der Waals surface area contributed by atoms with E-state index in [-0.39, 0.29) is 17.6 Å². The first-order valence-corrected chi connectivity index (χ1v) is 8.74. The lowest BCUT2D eigenvalue weighted by molar-refractivity contribution is -0.126. The van der Waals surface area contributed by atoms with Crippen molar-refractivity contribution < 1.29 is 14.0 Å². The summed E-state index contributed by atoms with van der Waals surface area (Å²) in [5, 5.41) is 6.06. The molecule has 2 N–H and O–H groups in total. The molecule has 2 aromatic heterocycles. The Labute approximate surface area is 152 Å². The molecule has 0 saturated carbocycles. The molecule has 0 spiro atoms. The zero-order chi connectivity index (χ0) is 18.5. The molecule has 138 valence electrons. The van der Waals surface area contributed by atoms with Crippen molar-refractivity contribution in [3.05, 3.63) is 47.4 Å². The van der Waals surface area contributed by atoms with Crippen LogP contribution in [0.15, 0.2) is 28.9 Å². The molecule has 1 aliphatic rings. The van der Waals surface area contributed by atoms with Gasteiger partial charge in [0.05, 0.1) is 5.69 Å². The maximum atomic E-state index is 12.9. The minimum atomic E-state index is -0.590. The first-order chi connectivity index (χ1) is 12.6. The quantitative estimate of drug-likeness (QED) is 0.816. The second-order valence-corrected chi connectivity index (χ2v) is 6.17. The first-order valence-electron chi connectivity index (χ1n) is 8.74. The van der Waals surface area contributed by atoms with Crippen molar-refractivity contribution in [3.8, 4) is 0 Å². The topological polar surface area (TPSA) is 100 Å². The third kappa shape index (κ3) is 3.91. The molecule has 0 aliphatic carbocycles. The number of aromatic nitrogens is 2. The van der Waals surface area contributed by atoms with Gasteiger partial charge in [-0.05, 0) is 24.6 Å². The highest BCUT2D eigenvalue weighted by molar-refractivity contribution is 5.96. The van der Waals surface area contributed by atoms with Crippen LogP contribution in [0.3, 0.4) is 0 Å². The van der Waals surface area contributed by atoms with Gasteiger partial charge in [-0.25, -0.2) is 4.98 Å². The Hall–Kier alpha value is -2.74. The number of pyridine rings is 1. The van der Waals surface area contributed by atoms with Crippen LogP contribution in [0.25, 0.3) is 0 Å². The van der Waals surface area contributed by atoms with Crippen molar-refractivity contribution in [2.24, 2.45) is 0 Å². The van der Waals surface area contributed by atoms with Crippen LogP contribution in [0, 0.1) is 6.92 Å². The van der Waals surface area contributed by atoms with E-state index in [1.54, 1.807) is 24.2 Å². The number of carbonyl (C=O) groups excluding carboxylic acids is 2. The van der Waals surface area contributed by atoms with Gasteiger partial charge in [0.1, 0.15) is 6.04 Å². The Morgan fingerprint density at radius 2 is 2.15 bits per heavy atom. The first kappa shape index (κ1) is 18.1. The summed E-state index contributed by atoms with van der Waals surface area (Å²) < 4.78 is 5.57. The van der Waals surface area contributed by atoms with Gasteiger partial charge in [0.15, 0.2) is 5.89 Å². The summed E-state index contributed by atoms with van der Waals surface area (Å²) in [7, 11) is 0. The molecular formula is C18H23N5O3. The summed E-state index contributed by atoms with van der Waals surface area (Å²) >= 11 is 0. The number of rotatable bonds is 5. The van der Waals surface area contributed by atoms with Crippen molar-refractivity contribution in [3.63, 3.8) is 0 Å². The smallest absolute Gasteiger partial charge is 0.292 e. The summed E-state index contributed by atoms with van der Waals surface area (Å²) in [5.41, 5.74) is 1.51. The van der Waals surface area contributed by atoms with Crippen molar-refractivity contribution in [2.45, 2.75) is 32.9 Å². The number of aryl methyl sites for hydroxylation is 2. The van der Waals surface area contributed by atoms with E-state index < -0.39 is 6.04 Å². The normalized spacial score (nSPS) is 17.2. The van der Waals surface area contributed by atoms with E-state index in [2.05, 4.69) is 20.6 Å². The van der Waals surface area contributed by atoms with Crippen LogP contribution in [0.4, 0.5) is 0 Å². The maximum Gasteiger partial charge on any atom is 0.292 e. The second-order valence-electron chi connectivity index (χ2n) is 6.17. The lowest BCUT2D eigenvalue weighted by atomic mass is 10.1. The van der Waals surface area contributed by atoms with E-state index in [4.69, 9.17) is 4.42 Å². The predicted octanol–water partition coefficient (Wildman–Crippen LogP) is 0.671. The van der Waals surface area contributed by atoms with Gasteiger partial charge in [-0.15, -0.1) is 0 Å². The van der Waals surface area contributed by atoms with E-state index in [0.29, 0.717) is 44.2 Å². The molecular weight excluding hydrogens is 334 g/mol. The van der Waals surface area contributed by atoms with E-state index >= 15 is 0 Å². The molecule has 1 fully saturated rings. The van der Waals surface area contributed by atoms with Gasteiger partial charge in [0, 0.05) is 45.0 Å². The van der Waals surface area contributed by atoms with Gasteiger partial charge in [0.25, 0.3) is 5.91 Å². The highest BCUT2D eigenvalue weighted by atomic mass is 16.4. The van der Waals surface area contributed by atoms with Gasteiger partial charge < -0.3 is 20.0 Å². The molecule has 8 nitrogen and oxygen atoms in total. The van der Waals surface area contributed by atoms with Crippen LogP contribution in [-0.4, -0.2) is 52.4 Å². The fourth-order valence-corrected chi connectivity index (χ4v) is 2.92. The molecule has 0 aromatic carbocycles. The van der Waals surface area contributed by atoms with Gasteiger partial charge in [-0.1, -0.05) is 6.92 Å². The van der Waals surface area contributed by atoms with Crippen LogP contribution in [0.2, 0.25) is 0 Å². The molecule has 2 amide bonds. The molecule has 0 bridgehead atoms. The lowest BCUT2D eigenvalue weighted by Crippen LogP contribution is -2.59. The number of hydrogen-bond donors (Lipinski definition) is 2. The Morgan fingerprint density at radius 1 is 1.38 bits per heavy atom. The van der Waals surface area contributed by atoms with Crippen molar-refractivity contribution in [1.29, 1.82) is 0 Å². The van der Waals surface area contributed by atoms with E-state index in [0.717, 1.165) is 5.56 Å². The zero-order valence-corrected chi connectivity index (χ0v) is 15.0. The number of nitrogens with one attached hydrogen (secondary N) is 2. The average Bonchev–Trinajstić information content (AvgIpc) is 3.07. The summed E-state index contributed by atoms with van der Waals surface area (Å²) in [5.74, 6) is 0.255. The van der Waals surface area contributed by atoms with Crippen LogP contribution in [0.1, 0.15) is 34.6 Å². The van der Waals surface area contributed by atoms with Gasteiger partial charge >= 0.3 is 0 Å². The maximum absolute atomic E-state index is 12.9. The van der Waals surface area contributed by atoms with E-state index in [1.165, 1.54) is 0 Å². The fraction of sp³-hybridized carbons (Fsp3) is 0.444. The minimum Gasteiger partial charge on any atom is -0.435 e. The molecule has 26 heavy (non-hydrogen) atoms. The number of piperazine rings is 1. The van der Waals surface area contributed by atoms with Crippen LogP contribution in [-0.2, 0) is 17.8 Å². The SMILES string of the molecule is CCc1nc(C)c(C(=O)N2CCNC[C@@H]2C(=O)NCc2ccncc2)o1. The summed E-state index contributed by atoms with van der Waals surface area (Å²) in [4.78, 5) is 35.3. The Morgan fingerprint density at radius 3 is 2.85 bits per heavy atom. The van der Waals surface area contributed by atoms with Gasteiger partial charge in [-0.2, -0.15) is 0 Å². The highest BCUT2D eigenvalue weighted by Gasteiger charge is 2.34. The third-order valence-electron chi connectivity index (χ3n) is 4.36. The monoisotopic (exact) mass is 357 g/mol. The van der Waals surface area contributed by atoms with Crippen molar-refractivity contribution in [2.75, 3.05) is 19.6 Å². The minimum absolute atomic E-state index is 0.199. The van der Waals surface area contributed by atoms with Crippen LogP contribution >= 0.6 is 0 Å². The van der Waals surface area contributed by atoms with Crippen molar-refractivity contribution in [1.82, 2.24) is 25.5 Å². The van der Waals surface area contributed by atoms with Crippen LogP contribution < -0.4 is 10.6 Å². The predicted molar refractivity (Wildman–Crippen MR) is 94.4 cm³/mol. The fourth-order valence-electron chi connectivity index (χ4n) is 2.92. The molecule has 1 saturated heterocycles. The molecule has 1 atom stereocenters. The van der Waals surface area contributed by atoms with E-state index in [1.807, 2.05) is 19.1 Å².